The Morgan fingerprint density at radius 1 is 0.781 bits per heavy atom. The molecule has 0 bridgehead atoms. The number of nitrogens with zero attached hydrogens (tertiary/aromatic N) is 3. The molecule has 0 radical (unpaired) electrons. The number of pyridine rings is 1. The third-order valence-electron chi connectivity index (χ3n) is 6.04. The first-order valence-corrected chi connectivity index (χ1v) is 14.1. The van der Waals surface area contributed by atoms with Gasteiger partial charge in [0.05, 0.1) is 9.79 Å². The van der Waals surface area contributed by atoms with Crippen LogP contribution in [0.5, 0.6) is 0 Å². The van der Waals surface area contributed by atoms with Crippen molar-refractivity contribution in [2.45, 2.75) is 54.9 Å². The first kappa shape index (κ1) is 23.2. The van der Waals surface area contributed by atoms with Gasteiger partial charge in [0.25, 0.3) is 0 Å². The fraction of sp³-hybridized carbons (Fsp3) is 0.500. The first-order valence-electron chi connectivity index (χ1n) is 11.2. The van der Waals surface area contributed by atoms with Gasteiger partial charge in [-0.1, -0.05) is 6.42 Å². The van der Waals surface area contributed by atoms with Crippen molar-refractivity contribution in [2.24, 2.45) is 0 Å². The minimum Gasteiger partial charge on any atom is -0.357 e. The maximum atomic E-state index is 12.8. The van der Waals surface area contributed by atoms with Crippen LogP contribution in [-0.2, 0) is 26.6 Å². The molecular formula is C22H30N4O4S2. The molecule has 2 fully saturated rings. The third kappa shape index (κ3) is 5.31. The van der Waals surface area contributed by atoms with E-state index >= 15 is 0 Å². The molecule has 0 aliphatic carbocycles. The van der Waals surface area contributed by atoms with E-state index in [0.717, 1.165) is 56.6 Å². The average molecular weight is 479 g/mol. The zero-order valence-electron chi connectivity index (χ0n) is 18.1. The molecule has 10 heteroatoms. The maximum absolute atomic E-state index is 12.8. The molecule has 1 N–H and O–H groups in total. The Kier molecular flexibility index (Phi) is 7.14. The van der Waals surface area contributed by atoms with Crippen LogP contribution < -0.4 is 9.62 Å². The Labute approximate surface area is 190 Å². The monoisotopic (exact) mass is 478 g/mol. The summed E-state index contributed by atoms with van der Waals surface area (Å²) >= 11 is 0. The molecule has 0 atom stereocenters. The molecule has 2 aliphatic heterocycles. The summed E-state index contributed by atoms with van der Waals surface area (Å²) in [6.07, 6.45) is 7.95. The number of anilines is 1. The van der Waals surface area contributed by atoms with Gasteiger partial charge in [0.2, 0.25) is 20.0 Å². The number of hydrogen-bond donors (Lipinski definition) is 1. The van der Waals surface area contributed by atoms with Crippen LogP contribution in [0, 0.1) is 0 Å². The average Bonchev–Trinajstić information content (AvgIpc) is 2.84. The van der Waals surface area contributed by atoms with Crippen molar-refractivity contribution >= 4 is 25.9 Å². The molecular weight excluding hydrogens is 448 g/mol. The summed E-state index contributed by atoms with van der Waals surface area (Å²) in [5, 5.41) is 0. The van der Waals surface area contributed by atoms with Crippen molar-refractivity contribution in [1.29, 1.82) is 0 Å². The summed E-state index contributed by atoms with van der Waals surface area (Å²) in [5.41, 5.74) is 0.827. The van der Waals surface area contributed by atoms with Crippen molar-refractivity contribution < 1.29 is 16.8 Å². The number of nitrogens with one attached hydrogen (secondary N) is 1. The second kappa shape index (κ2) is 9.86. The Bertz CT molecular complexity index is 1120. The first-order chi connectivity index (χ1) is 15.4. The second-order valence-electron chi connectivity index (χ2n) is 8.33. The number of rotatable bonds is 7. The largest absolute Gasteiger partial charge is 0.357 e. The Morgan fingerprint density at radius 3 is 2.03 bits per heavy atom. The number of piperidine rings is 2. The van der Waals surface area contributed by atoms with E-state index < -0.39 is 20.0 Å². The highest BCUT2D eigenvalue weighted by Gasteiger charge is 2.26. The molecule has 3 heterocycles. The highest BCUT2D eigenvalue weighted by atomic mass is 32.2. The van der Waals surface area contributed by atoms with Crippen LogP contribution in [0.25, 0.3) is 0 Å². The molecule has 0 saturated carbocycles. The SMILES string of the molecule is O=S(=O)(NCc1ccnc(N2CCCCC2)c1)c1ccc(S(=O)(=O)N2CCCCC2)cc1. The Morgan fingerprint density at radius 2 is 1.38 bits per heavy atom. The lowest BCUT2D eigenvalue weighted by Crippen LogP contribution is -2.35. The van der Waals surface area contributed by atoms with Crippen LogP contribution >= 0.6 is 0 Å². The maximum Gasteiger partial charge on any atom is 0.243 e. The summed E-state index contributed by atoms with van der Waals surface area (Å²) in [5.74, 6) is 0.869. The van der Waals surface area contributed by atoms with Crippen molar-refractivity contribution in [3.63, 3.8) is 0 Å². The number of hydrogen-bond acceptors (Lipinski definition) is 6. The van der Waals surface area contributed by atoms with E-state index in [0.29, 0.717) is 13.1 Å². The van der Waals surface area contributed by atoms with Gasteiger partial charge < -0.3 is 4.90 Å². The molecule has 2 aliphatic rings. The van der Waals surface area contributed by atoms with Crippen LogP contribution in [-0.4, -0.2) is 52.3 Å². The van der Waals surface area contributed by atoms with Gasteiger partial charge in [0.1, 0.15) is 5.82 Å². The van der Waals surface area contributed by atoms with E-state index in [1.54, 1.807) is 12.3 Å². The lowest BCUT2D eigenvalue weighted by atomic mass is 10.1. The lowest BCUT2D eigenvalue weighted by molar-refractivity contribution is 0.346. The van der Waals surface area contributed by atoms with Crippen LogP contribution in [0.3, 0.4) is 0 Å². The van der Waals surface area contributed by atoms with Crippen molar-refractivity contribution in [2.75, 3.05) is 31.1 Å². The number of benzene rings is 1. The van der Waals surface area contributed by atoms with Crippen molar-refractivity contribution in [3.05, 3.63) is 48.2 Å². The fourth-order valence-electron chi connectivity index (χ4n) is 4.17. The minimum absolute atomic E-state index is 0.0420. The molecule has 0 amide bonds. The van der Waals surface area contributed by atoms with Gasteiger partial charge in [-0.05, 0) is 74.1 Å². The summed E-state index contributed by atoms with van der Waals surface area (Å²) in [7, 11) is -7.36. The number of sulfonamides is 2. The predicted molar refractivity (Wildman–Crippen MR) is 123 cm³/mol. The molecule has 2 saturated heterocycles. The quantitative estimate of drug-likeness (QED) is 0.657. The summed E-state index contributed by atoms with van der Waals surface area (Å²) < 4.78 is 55.1. The molecule has 174 valence electrons. The Hall–Kier alpha value is -2.01. The topological polar surface area (TPSA) is 99.7 Å². The van der Waals surface area contributed by atoms with E-state index in [1.165, 1.54) is 35.0 Å². The summed E-state index contributed by atoms with van der Waals surface area (Å²) in [6, 6.07) is 9.17. The van der Waals surface area contributed by atoms with Crippen LogP contribution in [0.1, 0.15) is 44.1 Å². The normalized spacial score (nSPS) is 18.6. The van der Waals surface area contributed by atoms with Crippen LogP contribution in [0.2, 0.25) is 0 Å². The standard InChI is InChI=1S/C22H30N4O4S2/c27-31(28,24-18-19-11-12-23-22(17-19)25-13-3-1-4-14-25)20-7-9-21(10-8-20)32(29,30)26-15-5-2-6-16-26/h7-12,17,24H,1-6,13-16,18H2. The van der Waals surface area contributed by atoms with E-state index in [4.69, 9.17) is 0 Å². The van der Waals surface area contributed by atoms with E-state index in [2.05, 4.69) is 14.6 Å². The molecule has 32 heavy (non-hydrogen) atoms. The molecule has 2 aromatic rings. The Balaban J connectivity index is 1.42. The molecule has 0 unspecified atom stereocenters. The van der Waals surface area contributed by atoms with Gasteiger partial charge in [-0.3, -0.25) is 0 Å². The summed E-state index contributed by atoms with van der Waals surface area (Å²) in [4.78, 5) is 6.82. The van der Waals surface area contributed by atoms with Gasteiger partial charge in [-0.15, -0.1) is 0 Å². The molecule has 4 rings (SSSR count). The van der Waals surface area contributed by atoms with Gasteiger partial charge in [0.15, 0.2) is 0 Å². The molecule has 1 aromatic heterocycles. The van der Waals surface area contributed by atoms with Gasteiger partial charge in [0, 0.05) is 38.9 Å². The van der Waals surface area contributed by atoms with Crippen molar-refractivity contribution in [3.8, 4) is 0 Å². The predicted octanol–water partition coefficient (Wildman–Crippen LogP) is 2.73. The molecule has 0 spiro atoms. The highest BCUT2D eigenvalue weighted by Crippen LogP contribution is 2.22. The van der Waals surface area contributed by atoms with E-state index in [-0.39, 0.29) is 16.3 Å². The minimum atomic E-state index is -3.78. The van der Waals surface area contributed by atoms with E-state index in [1.807, 2.05) is 6.07 Å². The van der Waals surface area contributed by atoms with Gasteiger partial charge >= 0.3 is 0 Å². The van der Waals surface area contributed by atoms with Gasteiger partial charge in [-0.2, -0.15) is 4.31 Å². The lowest BCUT2D eigenvalue weighted by Gasteiger charge is -2.27. The summed E-state index contributed by atoms with van der Waals surface area (Å²) in [6.45, 7) is 3.09. The van der Waals surface area contributed by atoms with Crippen molar-refractivity contribution in [1.82, 2.24) is 14.0 Å². The van der Waals surface area contributed by atoms with Crippen LogP contribution in [0.4, 0.5) is 5.82 Å². The zero-order valence-corrected chi connectivity index (χ0v) is 19.7. The molecule has 1 aromatic carbocycles. The highest BCUT2D eigenvalue weighted by molar-refractivity contribution is 7.89. The zero-order chi connectivity index (χ0) is 22.6. The number of aromatic nitrogens is 1. The van der Waals surface area contributed by atoms with E-state index in [9.17, 15) is 16.8 Å². The molecule has 8 nitrogen and oxygen atoms in total. The van der Waals surface area contributed by atoms with Crippen LogP contribution in [0.15, 0.2) is 52.4 Å². The third-order valence-corrected chi connectivity index (χ3v) is 9.37. The fourth-order valence-corrected chi connectivity index (χ4v) is 6.71. The van der Waals surface area contributed by atoms with Gasteiger partial charge in [-0.25, -0.2) is 26.5 Å². The second-order valence-corrected chi connectivity index (χ2v) is 12.0. The smallest absolute Gasteiger partial charge is 0.243 e.